The molecule has 2 unspecified atom stereocenters. The van der Waals surface area contributed by atoms with Crippen molar-refractivity contribution < 1.29 is 39.1 Å². The smallest absolute Gasteiger partial charge is 0.373 e. The van der Waals surface area contributed by atoms with Gasteiger partial charge < -0.3 is 4.74 Å². The molecule has 1 fully saturated rings. The van der Waals surface area contributed by atoms with Crippen LogP contribution in [0.1, 0.15) is 37.0 Å². The highest BCUT2D eigenvalue weighted by atomic mass is 32.2. The summed E-state index contributed by atoms with van der Waals surface area (Å²) < 4.78 is 107. The van der Waals surface area contributed by atoms with Crippen molar-refractivity contribution in [1.82, 2.24) is 0 Å². The SMILES string of the molecule is CC1(S(=O)(=O)c2cccc(C(F)(F)F)c2)CCOC(c2ccc(F)c(S(C)(=O)=O)c2)C1. The van der Waals surface area contributed by atoms with E-state index in [2.05, 4.69) is 0 Å². The third-order valence-corrected chi connectivity index (χ3v) is 9.07. The average Bonchev–Trinajstić information content (AvgIpc) is 2.67. The molecule has 11 heteroatoms. The molecule has 2 atom stereocenters. The van der Waals surface area contributed by atoms with Crippen molar-refractivity contribution in [2.75, 3.05) is 12.9 Å². The van der Waals surface area contributed by atoms with Gasteiger partial charge in [-0.2, -0.15) is 13.2 Å². The van der Waals surface area contributed by atoms with Gasteiger partial charge in [-0.3, -0.25) is 0 Å². The molecule has 0 radical (unpaired) electrons. The number of halogens is 4. The first-order valence-electron chi connectivity index (χ1n) is 9.18. The molecule has 2 aromatic carbocycles. The summed E-state index contributed by atoms with van der Waals surface area (Å²) in [7, 11) is -8.07. The molecule has 1 heterocycles. The molecular weight excluding hydrogens is 460 g/mol. The molecule has 31 heavy (non-hydrogen) atoms. The molecule has 5 nitrogen and oxygen atoms in total. The molecule has 0 bridgehead atoms. The maximum Gasteiger partial charge on any atom is 0.416 e. The summed E-state index contributed by atoms with van der Waals surface area (Å²) in [6.07, 6.45) is -4.83. The fraction of sp³-hybridized carbons (Fsp3) is 0.400. The van der Waals surface area contributed by atoms with Crippen LogP contribution in [0.25, 0.3) is 0 Å². The second kappa shape index (κ2) is 7.86. The van der Waals surface area contributed by atoms with E-state index in [4.69, 9.17) is 4.74 Å². The zero-order valence-corrected chi connectivity index (χ0v) is 18.2. The minimum atomic E-state index is -4.69. The normalized spacial score (nSPS) is 23.0. The molecule has 3 rings (SSSR count). The van der Waals surface area contributed by atoms with E-state index >= 15 is 0 Å². The Hall–Kier alpha value is -1.98. The Morgan fingerprint density at radius 2 is 1.74 bits per heavy atom. The van der Waals surface area contributed by atoms with Crippen molar-refractivity contribution >= 4 is 19.7 Å². The molecule has 1 aliphatic rings. The van der Waals surface area contributed by atoms with Crippen LogP contribution < -0.4 is 0 Å². The van der Waals surface area contributed by atoms with Crippen LogP contribution in [0.3, 0.4) is 0 Å². The fourth-order valence-corrected chi connectivity index (χ4v) is 6.16. The van der Waals surface area contributed by atoms with Crippen LogP contribution in [0.2, 0.25) is 0 Å². The van der Waals surface area contributed by atoms with Crippen LogP contribution in [-0.4, -0.2) is 34.4 Å². The van der Waals surface area contributed by atoms with Gasteiger partial charge in [-0.15, -0.1) is 0 Å². The number of hydrogen-bond donors (Lipinski definition) is 0. The molecule has 0 aromatic heterocycles. The molecule has 1 saturated heterocycles. The van der Waals surface area contributed by atoms with E-state index in [0.717, 1.165) is 36.6 Å². The zero-order valence-electron chi connectivity index (χ0n) is 16.6. The Balaban J connectivity index is 1.99. The Morgan fingerprint density at radius 1 is 1.06 bits per heavy atom. The molecule has 170 valence electrons. The Kier molecular flexibility index (Phi) is 6.00. The summed E-state index contributed by atoms with van der Waals surface area (Å²) >= 11 is 0. The van der Waals surface area contributed by atoms with Gasteiger partial charge in [0.05, 0.1) is 21.3 Å². The number of alkyl halides is 3. The predicted molar refractivity (Wildman–Crippen MR) is 104 cm³/mol. The van der Waals surface area contributed by atoms with Gasteiger partial charge in [0.1, 0.15) is 10.7 Å². The van der Waals surface area contributed by atoms with Crippen molar-refractivity contribution in [2.45, 2.75) is 46.6 Å². The van der Waals surface area contributed by atoms with Gasteiger partial charge in [0.25, 0.3) is 0 Å². The first kappa shape index (κ1) is 23.7. The summed E-state index contributed by atoms with van der Waals surface area (Å²) in [6, 6.07) is 6.90. The van der Waals surface area contributed by atoms with Crippen LogP contribution in [0.5, 0.6) is 0 Å². The molecule has 2 aromatic rings. The molecule has 0 N–H and O–H groups in total. The van der Waals surface area contributed by atoms with E-state index in [1.807, 2.05) is 0 Å². The first-order chi connectivity index (χ1) is 14.1. The first-order valence-corrected chi connectivity index (χ1v) is 12.6. The van der Waals surface area contributed by atoms with E-state index < -0.39 is 57.9 Å². The number of hydrogen-bond acceptors (Lipinski definition) is 5. The third-order valence-electron chi connectivity index (χ3n) is 5.41. The molecule has 0 spiro atoms. The molecule has 1 aliphatic heterocycles. The van der Waals surface area contributed by atoms with Crippen LogP contribution >= 0.6 is 0 Å². The summed E-state index contributed by atoms with van der Waals surface area (Å²) in [6.45, 7) is 1.39. The molecular formula is C20H20F4O5S2. The van der Waals surface area contributed by atoms with Gasteiger partial charge >= 0.3 is 6.18 Å². The van der Waals surface area contributed by atoms with E-state index in [9.17, 15) is 34.4 Å². The maximum atomic E-state index is 13.9. The maximum absolute atomic E-state index is 13.9. The summed E-state index contributed by atoms with van der Waals surface area (Å²) in [4.78, 5) is -0.997. The van der Waals surface area contributed by atoms with Crippen molar-refractivity contribution in [2.24, 2.45) is 0 Å². The second-order valence-electron chi connectivity index (χ2n) is 7.75. The second-order valence-corrected chi connectivity index (χ2v) is 12.2. The quantitative estimate of drug-likeness (QED) is 0.609. The minimum absolute atomic E-state index is 0.0229. The van der Waals surface area contributed by atoms with Crippen molar-refractivity contribution in [3.8, 4) is 0 Å². The lowest BCUT2D eigenvalue weighted by atomic mass is 9.92. The van der Waals surface area contributed by atoms with Gasteiger partial charge in [-0.05, 0) is 55.7 Å². The zero-order chi connectivity index (χ0) is 23.2. The van der Waals surface area contributed by atoms with Gasteiger partial charge in [0, 0.05) is 12.9 Å². The van der Waals surface area contributed by atoms with E-state index in [-0.39, 0.29) is 25.0 Å². The highest BCUT2D eigenvalue weighted by Gasteiger charge is 2.46. The van der Waals surface area contributed by atoms with Crippen molar-refractivity contribution in [3.05, 3.63) is 59.4 Å². The molecule has 0 amide bonds. The van der Waals surface area contributed by atoms with E-state index in [1.54, 1.807) is 0 Å². The topological polar surface area (TPSA) is 77.5 Å². The number of rotatable bonds is 4. The molecule has 0 saturated carbocycles. The number of benzene rings is 2. The Labute approximate surface area is 177 Å². The summed E-state index contributed by atoms with van der Waals surface area (Å²) in [5.74, 6) is -0.943. The summed E-state index contributed by atoms with van der Waals surface area (Å²) in [5, 5.41) is 0. The van der Waals surface area contributed by atoms with Crippen molar-refractivity contribution in [3.63, 3.8) is 0 Å². The monoisotopic (exact) mass is 480 g/mol. The lowest BCUT2D eigenvalue weighted by molar-refractivity contribution is -0.137. The van der Waals surface area contributed by atoms with Gasteiger partial charge in [0.2, 0.25) is 0 Å². The number of ether oxygens (including phenoxy) is 1. The fourth-order valence-electron chi connectivity index (χ4n) is 3.56. The van der Waals surface area contributed by atoms with E-state index in [1.165, 1.54) is 13.0 Å². The minimum Gasteiger partial charge on any atom is -0.373 e. The van der Waals surface area contributed by atoms with E-state index in [0.29, 0.717) is 6.07 Å². The van der Waals surface area contributed by atoms with Crippen LogP contribution in [0.15, 0.2) is 52.3 Å². The van der Waals surface area contributed by atoms with Gasteiger partial charge in [-0.1, -0.05) is 12.1 Å². The van der Waals surface area contributed by atoms with Crippen molar-refractivity contribution in [1.29, 1.82) is 0 Å². The van der Waals surface area contributed by atoms with Crippen LogP contribution in [0, 0.1) is 5.82 Å². The lowest BCUT2D eigenvalue weighted by Crippen LogP contribution is -2.42. The van der Waals surface area contributed by atoms with Crippen LogP contribution in [0.4, 0.5) is 17.6 Å². The Morgan fingerprint density at radius 3 is 2.35 bits per heavy atom. The standard InChI is InChI=1S/C20H20F4O5S2/c1-19(31(27,28)15-5-3-4-14(11-15)20(22,23)24)8-9-29-17(12-19)13-6-7-16(21)18(10-13)30(2,25)26/h3-7,10-11,17H,8-9,12H2,1-2H3. The Bertz CT molecular complexity index is 1210. The largest absolute Gasteiger partial charge is 0.416 e. The summed E-state index contributed by atoms with van der Waals surface area (Å²) in [5.41, 5.74) is -0.802. The van der Waals surface area contributed by atoms with Crippen LogP contribution in [-0.2, 0) is 30.6 Å². The lowest BCUT2D eigenvalue weighted by Gasteiger charge is -2.38. The third kappa shape index (κ3) is 4.63. The highest BCUT2D eigenvalue weighted by molar-refractivity contribution is 7.92. The highest BCUT2D eigenvalue weighted by Crippen LogP contribution is 2.43. The molecule has 0 aliphatic carbocycles. The predicted octanol–water partition coefficient (Wildman–Crippen LogP) is 4.33. The van der Waals surface area contributed by atoms with Gasteiger partial charge in [-0.25, -0.2) is 21.2 Å². The van der Waals surface area contributed by atoms with Gasteiger partial charge in [0.15, 0.2) is 19.7 Å². The number of sulfone groups is 2. The average molecular weight is 481 g/mol.